The van der Waals surface area contributed by atoms with Crippen molar-refractivity contribution in [2.75, 3.05) is 6.54 Å². The van der Waals surface area contributed by atoms with E-state index in [0.717, 1.165) is 23.4 Å². The number of rotatable bonds is 8. The van der Waals surface area contributed by atoms with Crippen LogP contribution in [-0.2, 0) is 11.2 Å². The highest BCUT2D eigenvalue weighted by Gasteiger charge is 2.15. The molecule has 1 amide bonds. The fraction of sp³-hybridized carbons (Fsp3) is 0.588. The van der Waals surface area contributed by atoms with Crippen LogP contribution in [0.1, 0.15) is 39.2 Å². The monoisotopic (exact) mass is 310 g/mol. The van der Waals surface area contributed by atoms with Crippen LogP contribution < -0.4 is 11.1 Å². The zero-order valence-corrected chi connectivity index (χ0v) is 14.0. The Balaban J connectivity index is 2.42. The maximum Gasteiger partial charge on any atom is 0.220 e. The Morgan fingerprint density at radius 1 is 1.33 bits per heavy atom. The summed E-state index contributed by atoms with van der Waals surface area (Å²) in [6.07, 6.45) is 2.28. The molecule has 0 bridgehead atoms. The minimum atomic E-state index is 0.0839. The van der Waals surface area contributed by atoms with Gasteiger partial charge < -0.3 is 11.1 Å². The van der Waals surface area contributed by atoms with Gasteiger partial charge in [-0.1, -0.05) is 37.6 Å². The lowest BCUT2D eigenvalue weighted by molar-refractivity contribution is -0.122. The molecule has 21 heavy (non-hydrogen) atoms. The summed E-state index contributed by atoms with van der Waals surface area (Å²) in [4.78, 5) is 12.1. The summed E-state index contributed by atoms with van der Waals surface area (Å²) in [5.41, 5.74) is 6.88. The smallest absolute Gasteiger partial charge is 0.220 e. The number of carbonyl (C=O) groups excluding carboxylic acids is 1. The Kier molecular flexibility index (Phi) is 7.76. The van der Waals surface area contributed by atoms with Crippen LogP contribution in [0, 0.1) is 11.8 Å². The molecule has 1 rings (SSSR count). The van der Waals surface area contributed by atoms with Crippen LogP contribution in [0.25, 0.3) is 0 Å². The Bertz CT molecular complexity index is 448. The highest BCUT2D eigenvalue weighted by atomic mass is 35.5. The molecule has 2 atom stereocenters. The second-order valence-electron chi connectivity index (χ2n) is 6.24. The molecule has 0 aliphatic rings. The molecular weight excluding hydrogens is 284 g/mol. The van der Waals surface area contributed by atoms with E-state index in [1.54, 1.807) is 0 Å². The molecule has 0 saturated heterocycles. The van der Waals surface area contributed by atoms with Crippen molar-refractivity contribution in [3.8, 4) is 0 Å². The third-order valence-corrected chi connectivity index (χ3v) is 3.69. The van der Waals surface area contributed by atoms with E-state index in [4.69, 9.17) is 17.3 Å². The average molecular weight is 311 g/mol. The van der Waals surface area contributed by atoms with Gasteiger partial charge in [0, 0.05) is 17.5 Å². The van der Waals surface area contributed by atoms with Gasteiger partial charge in [0.15, 0.2) is 0 Å². The van der Waals surface area contributed by atoms with Crippen molar-refractivity contribution < 1.29 is 4.79 Å². The zero-order chi connectivity index (χ0) is 15.8. The van der Waals surface area contributed by atoms with Crippen molar-refractivity contribution in [3.63, 3.8) is 0 Å². The van der Waals surface area contributed by atoms with Crippen molar-refractivity contribution in [1.29, 1.82) is 0 Å². The third-order valence-electron chi connectivity index (χ3n) is 3.45. The first kappa shape index (κ1) is 18.0. The van der Waals surface area contributed by atoms with Gasteiger partial charge in [-0.15, -0.1) is 0 Å². The number of halogens is 1. The highest BCUT2D eigenvalue weighted by molar-refractivity contribution is 6.30. The Hall–Kier alpha value is -1.06. The SMILES string of the molecule is CC(C)CC(CN)CC(=O)NC(C)Cc1cccc(Cl)c1. The third kappa shape index (κ3) is 7.49. The van der Waals surface area contributed by atoms with Gasteiger partial charge in [0.1, 0.15) is 0 Å². The molecule has 0 fully saturated rings. The largest absolute Gasteiger partial charge is 0.353 e. The predicted octanol–water partition coefficient (Wildman–Crippen LogP) is 3.40. The van der Waals surface area contributed by atoms with E-state index in [-0.39, 0.29) is 17.9 Å². The van der Waals surface area contributed by atoms with Crippen molar-refractivity contribution in [3.05, 3.63) is 34.9 Å². The molecule has 0 spiro atoms. The van der Waals surface area contributed by atoms with Crippen molar-refractivity contribution in [1.82, 2.24) is 5.32 Å². The fourth-order valence-electron chi connectivity index (χ4n) is 2.59. The van der Waals surface area contributed by atoms with E-state index in [1.807, 2.05) is 31.2 Å². The van der Waals surface area contributed by atoms with Gasteiger partial charge in [0.25, 0.3) is 0 Å². The molecule has 2 unspecified atom stereocenters. The van der Waals surface area contributed by atoms with Gasteiger partial charge in [0.05, 0.1) is 0 Å². The first-order valence-corrected chi connectivity index (χ1v) is 8.02. The van der Waals surface area contributed by atoms with Crippen LogP contribution in [0.5, 0.6) is 0 Å². The lowest BCUT2D eigenvalue weighted by Crippen LogP contribution is -2.36. The minimum Gasteiger partial charge on any atom is -0.353 e. The lowest BCUT2D eigenvalue weighted by Gasteiger charge is -2.19. The number of benzene rings is 1. The Labute approximate surface area is 133 Å². The molecule has 3 nitrogen and oxygen atoms in total. The van der Waals surface area contributed by atoms with E-state index in [0.29, 0.717) is 18.9 Å². The summed E-state index contributed by atoms with van der Waals surface area (Å²) >= 11 is 5.97. The van der Waals surface area contributed by atoms with E-state index in [9.17, 15) is 4.79 Å². The second-order valence-corrected chi connectivity index (χ2v) is 6.67. The van der Waals surface area contributed by atoms with E-state index in [2.05, 4.69) is 19.2 Å². The molecule has 4 heteroatoms. The first-order valence-electron chi connectivity index (χ1n) is 7.64. The van der Waals surface area contributed by atoms with Gasteiger partial charge >= 0.3 is 0 Å². The molecule has 3 N–H and O–H groups in total. The van der Waals surface area contributed by atoms with Crippen LogP contribution in [0.2, 0.25) is 5.02 Å². The minimum absolute atomic E-state index is 0.0839. The van der Waals surface area contributed by atoms with E-state index >= 15 is 0 Å². The summed E-state index contributed by atoms with van der Waals surface area (Å²) in [5, 5.41) is 3.78. The Morgan fingerprint density at radius 2 is 2.05 bits per heavy atom. The number of hydrogen-bond acceptors (Lipinski definition) is 2. The number of carbonyl (C=O) groups is 1. The van der Waals surface area contributed by atoms with Gasteiger partial charge in [-0.2, -0.15) is 0 Å². The van der Waals surface area contributed by atoms with Gasteiger partial charge in [-0.25, -0.2) is 0 Å². The van der Waals surface area contributed by atoms with Gasteiger partial charge in [-0.3, -0.25) is 4.79 Å². The topological polar surface area (TPSA) is 55.1 Å². The van der Waals surface area contributed by atoms with Crippen molar-refractivity contribution >= 4 is 17.5 Å². The predicted molar refractivity (Wildman–Crippen MR) is 89.4 cm³/mol. The van der Waals surface area contributed by atoms with Gasteiger partial charge in [0.2, 0.25) is 5.91 Å². The standard InChI is InChI=1S/C17H27ClN2O/c1-12(2)7-15(11-19)10-17(21)20-13(3)8-14-5-4-6-16(18)9-14/h4-6,9,12-13,15H,7-8,10-11,19H2,1-3H3,(H,20,21). The maximum atomic E-state index is 12.1. The summed E-state index contributed by atoms with van der Waals surface area (Å²) in [6.45, 7) is 6.89. The van der Waals surface area contributed by atoms with Crippen LogP contribution in [-0.4, -0.2) is 18.5 Å². The highest BCUT2D eigenvalue weighted by Crippen LogP contribution is 2.15. The average Bonchev–Trinajstić information content (AvgIpc) is 2.36. The van der Waals surface area contributed by atoms with Crippen LogP contribution in [0.15, 0.2) is 24.3 Å². The molecule has 0 aliphatic carbocycles. The first-order chi connectivity index (χ1) is 9.90. The van der Waals surface area contributed by atoms with Crippen LogP contribution >= 0.6 is 11.6 Å². The zero-order valence-electron chi connectivity index (χ0n) is 13.2. The number of amides is 1. The lowest BCUT2D eigenvalue weighted by atomic mass is 9.94. The molecule has 118 valence electrons. The Morgan fingerprint density at radius 3 is 2.62 bits per heavy atom. The van der Waals surface area contributed by atoms with Crippen molar-refractivity contribution in [2.45, 2.75) is 46.1 Å². The summed E-state index contributed by atoms with van der Waals surface area (Å²) < 4.78 is 0. The van der Waals surface area contributed by atoms with Crippen molar-refractivity contribution in [2.24, 2.45) is 17.6 Å². The normalized spacial score (nSPS) is 14.0. The number of nitrogens with two attached hydrogens (primary N) is 1. The summed E-state index contributed by atoms with van der Waals surface area (Å²) in [6, 6.07) is 7.83. The quantitative estimate of drug-likeness (QED) is 0.773. The molecule has 0 heterocycles. The summed E-state index contributed by atoms with van der Waals surface area (Å²) in [7, 11) is 0. The second kappa shape index (κ2) is 9.06. The molecule has 0 radical (unpaired) electrons. The van der Waals surface area contributed by atoms with E-state index in [1.165, 1.54) is 0 Å². The molecular formula is C17H27ClN2O. The molecule has 1 aromatic carbocycles. The van der Waals surface area contributed by atoms with E-state index < -0.39 is 0 Å². The van der Waals surface area contributed by atoms with Crippen LogP contribution in [0.4, 0.5) is 0 Å². The molecule has 0 aromatic heterocycles. The number of nitrogens with one attached hydrogen (secondary N) is 1. The number of hydrogen-bond donors (Lipinski definition) is 2. The molecule has 1 aromatic rings. The fourth-order valence-corrected chi connectivity index (χ4v) is 2.81. The molecule has 0 saturated carbocycles. The summed E-state index contributed by atoms with van der Waals surface area (Å²) in [5.74, 6) is 0.916. The van der Waals surface area contributed by atoms with Gasteiger partial charge in [-0.05, 0) is 55.8 Å². The molecule has 0 aliphatic heterocycles. The maximum absolute atomic E-state index is 12.1. The van der Waals surface area contributed by atoms with Crippen LogP contribution in [0.3, 0.4) is 0 Å².